The molecule has 0 aliphatic heterocycles. The van der Waals surface area contributed by atoms with Gasteiger partial charge in [0.25, 0.3) is 5.91 Å². The zero-order valence-electron chi connectivity index (χ0n) is 11.5. The molecule has 0 aliphatic rings. The Hall–Kier alpha value is -1.52. The van der Waals surface area contributed by atoms with E-state index in [2.05, 4.69) is 21.2 Å². The molecule has 110 valence electrons. The number of carbonyl (C=O) groups is 1. The first-order valence-electron chi connectivity index (χ1n) is 6.44. The van der Waals surface area contributed by atoms with E-state index in [4.69, 9.17) is 16.3 Å². The zero-order chi connectivity index (χ0) is 15.2. The van der Waals surface area contributed by atoms with Crippen molar-refractivity contribution in [2.75, 3.05) is 6.61 Å². The van der Waals surface area contributed by atoms with Crippen LogP contribution in [0.5, 0.6) is 5.75 Å². The van der Waals surface area contributed by atoms with E-state index in [1.54, 1.807) is 12.1 Å². The summed E-state index contributed by atoms with van der Waals surface area (Å²) in [4.78, 5) is 11.8. The number of halogens is 2. The summed E-state index contributed by atoms with van der Waals surface area (Å²) in [5.74, 6) is 0.486. The summed E-state index contributed by atoms with van der Waals surface area (Å²) in [5.41, 5.74) is 2.12. The van der Waals surface area contributed by atoms with Crippen LogP contribution in [-0.4, -0.2) is 12.5 Å². The Labute approximate surface area is 137 Å². The molecule has 2 aromatic rings. The van der Waals surface area contributed by atoms with Crippen LogP contribution in [0, 0.1) is 6.92 Å². The van der Waals surface area contributed by atoms with Gasteiger partial charge in [-0.2, -0.15) is 0 Å². The molecule has 5 heteroatoms. The first-order valence-corrected chi connectivity index (χ1v) is 7.62. The van der Waals surface area contributed by atoms with Gasteiger partial charge in [0.15, 0.2) is 6.61 Å². The normalized spacial score (nSPS) is 10.2. The number of hydrogen-bond donors (Lipinski definition) is 1. The third-order valence-corrected chi connectivity index (χ3v) is 3.72. The molecule has 0 bridgehead atoms. The average Bonchev–Trinajstić information content (AvgIpc) is 2.46. The Morgan fingerprint density at radius 1 is 1.24 bits per heavy atom. The van der Waals surface area contributed by atoms with E-state index in [0.29, 0.717) is 17.3 Å². The fourth-order valence-corrected chi connectivity index (χ4v) is 2.45. The minimum absolute atomic E-state index is 0.0186. The number of hydrogen-bond acceptors (Lipinski definition) is 2. The highest BCUT2D eigenvalue weighted by molar-refractivity contribution is 9.10. The van der Waals surface area contributed by atoms with Crippen molar-refractivity contribution in [1.82, 2.24) is 5.32 Å². The third kappa shape index (κ3) is 5.06. The molecule has 2 rings (SSSR count). The SMILES string of the molecule is Cc1ccc(OCC(=O)NCc2ccc(Cl)cc2)c(Br)c1. The highest BCUT2D eigenvalue weighted by atomic mass is 79.9. The van der Waals surface area contributed by atoms with Gasteiger partial charge in [-0.05, 0) is 58.2 Å². The van der Waals surface area contributed by atoms with E-state index < -0.39 is 0 Å². The van der Waals surface area contributed by atoms with E-state index in [1.807, 2.05) is 37.3 Å². The van der Waals surface area contributed by atoms with Crippen molar-refractivity contribution < 1.29 is 9.53 Å². The summed E-state index contributed by atoms with van der Waals surface area (Å²) in [6.07, 6.45) is 0. The van der Waals surface area contributed by atoms with Gasteiger partial charge in [-0.3, -0.25) is 4.79 Å². The number of aryl methyl sites for hydroxylation is 1. The predicted molar refractivity (Wildman–Crippen MR) is 87.7 cm³/mol. The molecule has 1 N–H and O–H groups in total. The largest absolute Gasteiger partial charge is 0.483 e. The van der Waals surface area contributed by atoms with Gasteiger partial charge in [-0.15, -0.1) is 0 Å². The molecule has 0 radical (unpaired) electrons. The van der Waals surface area contributed by atoms with Crippen molar-refractivity contribution in [3.63, 3.8) is 0 Å². The second-order valence-electron chi connectivity index (χ2n) is 4.63. The van der Waals surface area contributed by atoms with Gasteiger partial charge < -0.3 is 10.1 Å². The molecule has 0 saturated heterocycles. The summed E-state index contributed by atoms with van der Waals surface area (Å²) < 4.78 is 6.32. The Morgan fingerprint density at radius 2 is 1.95 bits per heavy atom. The maximum Gasteiger partial charge on any atom is 0.258 e. The second-order valence-corrected chi connectivity index (χ2v) is 5.92. The highest BCUT2D eigenvalue weighted by Crippen LogP contribution is 2.25. The van der Waals surface area contributed by atoms with E-state index in [0.717, 1.165) is 15.6 Å². The lowest BCUT2D eigenvalue weighted by molar-refractivity contribution is -0.123. The Balaban J connectivity index is 1.80. The van der Waals surface area contributed by atoms with Gasteiger partial charge in [-0.1, -0.05) is 29.8 Å². The molecule has 0 aromatic heterocycles. The molecule has 0 fully saturated rings. The number of nitrogens with one attached hydrogen (secondary N) is 1. The summed E-state index contributed by atoms with van der Waals surface area (Å²) in [5, 5.41) is 3.48. The predicted octanol–water partition coefficient (Wildman–Crippen LogP) is 4.11. The standard InChI is InChI=1S/C16H15BrClNO2/c1-11-2-7-15(14(17)8-11)21-10-16(20)19-9-12-3-5-13(18)6-4-12/h2-8H,9-10H2,1H3,(H,19,20). The molecular weight excluding hydrogens is 354 g/mol. The van der Waals surface area contributed by atoms with Crippen molar-refractivity contribution in [1.29, 1.82) is 0 Å². The molecule has 1 amide bonds. The minimum atomic E-state index is -0.169. The van der Waals surface area contributed by atoms with Gasteiger partial charge in [0, 0.05) is 11.6 Å². The summed E-state index contributed by atoms with van der Waals surface area (Å²) in [6.45, 7) is 2.43. The van der Waals surface area contributed by atoms with Crippen LogP contribution < -0.4 is 10.1 Å². The molecular formula is C16H15BrClNO2. The Kier molecular flexibility index (Phi) is 5.65. The van der Waals surface area contributed by atoms with Crippen LogP contribution in [0.4, 0.5) is 0 Å². The van der Waals surface area contributed by atoms with Gasteiger partial charge in [0.05, 0.1) is 4.47 Å². The van der Waals surface area contributed by atoms with E-state index in [1.165, 1.54) is 0 Å². The summed E-state index contributed by atoms with van der Waals surface area (Å²) >= 11 is 9.22. The topological polar surface area (TPSA) is 38.3 Å². The number of ether oxygens (including phenoxy) is 1. The fourth-order valence-electron chi connectivity index (χ4n) is 1.72. The fraction of sp³-hybridized carbons (Fsp3) is 0.188. The lowest BCUT2D eigenvalue weighted by Crippen LogP contribution is -2.28. The van der Waals surface area contributed by atoms with Crippen molar-refractivity contribution in [3.8, 4) is 5.75 Å². The van der Waals surface area contributed by atoms with Crippen molar-refractivity contribution in [2.24, 2.45) is 0 Å². The van der Waals surface area contributed by atoms with Crippen LogP contribution >= 0.6 is 27.5 Å². The lowest BCUT2D eigenvalue weighted by Gasteiger charge is -2.09. The van der Waals surface area contributed by atoms with Crippen LogP contribution in [0.3, 0.4) is 0 Å². The van der Waals surface area contributed by atoms with Crippen molar-refractivity contribution in [2.45, 2.75) is 13.5 Å². The van der Waals surface area contributed by atoms with Crippen molar-refractivity contribution in [3.05, 3.63) is 63.1 Å². The molecule has 3 nitrogen and oxygen atoms in total. The summed E-state index contributed by atoms with van der Waals surface area (Å²) in [7, 11) is 0. The Morgan fingerprint density at radius 3 is 2.62 bits per heavy atom. The molecule has 21 heavy (non-hydrogen) atoms. The third-order valence-electron chi connectivity index (χ3n) is 2.85. The van der Waals surface area contributed by atoms with Crippen molar-refractivity contribution >= 4 is 33.4 Å². The molecule has 0 aliphatic carbocycles. The van der Waals surface area contributed by atoms with E-state index >= 15 is 0 Å². The smallest absolute Gasteiger partial charge is 0.258 e. The van der Waals surface area contributed by atoms with E-state index in [-0.39, 0.29) is 12.5 Å². The molecule has 0 unspecified atom stereocenters. The van der Waals surface area contributed by atoms with Crippen LogP contribution in [0.2, 0.25) is 5.02 Å². The number of amides is 1. The van der Waals surface area contributed by atoms with Crippen LogP contribution in [0.15, 0.2) is 46.9 Å². The number of benzene rings is 2. The first-order chi connectivity index (χ1) is 10.0. The summed E-state index contributed by atoms with van der Waals surface area (Å²) in [6, 6.07) is 13.1. The van der Waals surface area contributed by atoms with Gasteiger partial charge in [0.2, 0.25) is 0 Å². The number of rotatable bonds is 5. The molecule has 0 atom stereocenters. The Bertz CT molecular complexity index is 629. The molecule has 2 aromatic carbocycles. The lowest BCUT2D eigenvalue weighted by atomic mass is 10.2. The van der Waals surface area contributed by atoms with Crippen LogP contribution in [0.1, 0.15) is 11.1 Å². The van der Waals surface area contributed by atoms with E-state index in [9.17, 15) is 4.79 Å². The molecule has 0 heterocycles. The minimum Gasteiger partial charge on any atom is -0.483 e. The van der Waals surface area contributed by atoms with Crippen LogP contribution in [-0.2, 0) is 11.3 Å². The molecule has 0 spiro atoms. The van der Waals surface area contributed by atoms with Gasteiger partial charge in [0.1, 0.15) is 5.75 Å². The van der Waals surface area contributed by atoms with Gasteiger partial charge >= 0.3 is 0 Å². The monoisotopic (exact) mass is 367 g/mol. The molecule has 0 saturated carbocycles. The maximum atomic E-state index is 11.8. The van der Waals surface area contributed by atoms with Crippen LogP contribution in [0.25, 0.3) is 0 Å². The quantitative estimate of drug-likeness (QED) is 0.862. The van der Waals surface area contributed by atoms with Gasteiger partial charge in [-0.25, -0.2) is 0 Å². The first kappa shape index (κ1) is 15.9. The number of carbonyl (C=O) groups excluding carboxylic acids is 1. The second kappa shape index (κ2) is 7.48. The average molecular weight is 369 g/mol. The highest BCUT2D eigenvalue weighted by Gasteiger charge is 2.05. The zero-order valence-corrected chi connectivity index (χ0v) is 13.9. The maximum absolute atomic E-state index is 11.8.